The number of benzene rings is 2. The minimum absolute atomic E-state index is 0.271. The van der Waals surface area contributed by atoms with E-state index in [1.807, 2.05) is 17.8 Å². The second-order valence-corrected chi connectivity index (χ2v) is 9.79. The van der Waals surface area contributed by atoms with E-state index in [4.69, 9.17) is 0 Å². The Balaban J connectivity index is 1.93. The summed E-state index contributed by atoms with van der Waals surface area (Å²) in [5.74, 6) is 0. The van der Waals surface area contributed by atoms with Crippen LogP contribution in [0, 0.1) is 6.07 Å². The second kappa shape index (κ2) is 7.19. The topological polar surface area (TPSA) is 0 Å². The number of fused-ring (bicyclic) bond motifs is 1. The van der Waals surface area contributed by atoms with Crippen LogP contribution in [0.2, 0.25) is 0 Å². The predicted octanol–water partition coefficient (Wildman–Crippen LogP) is 7.33. The van der Waals surface area contributed by atoms with E-state index >= 15 is 0 Å². The molecule has 0 nitrogen and oxygen atoms in total. The highest BCUT2D eigenvalue weighted by atomic mass is 32.2. The molecule has 0 aromatic heterocycles. The number of hydrogen-bond donors (Lipinski definition) is 0. The first kappa shape index (κ1) is 18.6. The molecule has 0 unspecified atom stereocenters. The van der Waals surface area contributed by atoms with Crippen molar-refractivity contribution in [3.63, 3.8) is 0 Å². The molecule has 0 bridgehead atoms. The van der Waals surface area contributed by atoms with Crippen LogP contribution in [-0.4, -0.2) is 0 Å². The third kappa shape index (κ3) is 3.97. The second-order valence-electron chi connectivity index (χ2n) is 8.71. The Morgan fingerprint density at radius 2 is 1.72 bits per heavy atom. The molecule has 1 aliphatic carbocycles. The Hall–Kier alpha value is -1.21. The van der Waals surface area contributed by atoms with Gasteiger partial charge in [-0.05, 0) is 71.4 Å². The third-order valence-corrected chi connectivity index (χ3v) is 6.82. The number of aryl methyl sites for hydroxylation is 1. The molecule has 0 saturated heterocycles. The minimum Gasteiger partial charge on any atom is -0.0891 e. The molecule has 0 N–H and O–H groups in total. The zero-order chi connectivity index (χ0) is 18.1. The molecule has 1 heteroatoms. The van der Waals surface area contributed by atoms with Crippen molar-refractivity contribution < 1.29 is 0 Å². The average molecular weight is 352 g/mol. The van der Waals surface area contributed by atoms with Gasteiger partial charge in [0, 0.05) is 9.79 Å². The molecule has 0 atom stereocenters. The van der Waals surface area contributed by atoms with Crippen LogP contribution in [0.3, 0.4) is 0 Å². The van der Waals surface area contributed by atoms with Crippen molar-refractivity contribution in [3.05, 3.63) is 59.2 Å². The molecule has 2 aromatic carbocycles. The Labute approximate surface area is 158 Å². The van der Waals surface area contributed by atoms with Gasteiger partial charge in [-0.1, -0.05) is 77.1 Å². The van der Waals surface area contributed by atoms with E-state index in [0.29, 0.717) is 5.41 Å². The van der Waals surface area contributed by atoms with Gasteiger partial charge in [-0.25, -0.2) is 0 Å². The largest absolute Gasteiger partial charge is 0.0891 e. The van der Waals surface area contributed by atoms with Gasteiger partial charge in [-0.3, -0.25) is 0 Å². The van der Waals surface area contributed by atoms with Crippen molar-refractivity contribution in [1.82, 2.24) is 0 Å². The Morgan fingerprint density at radius 1 is 1.00 bits per heavy atom. The maximum Gasteiger partial charge on any atom is 0.0233 e. The zero-order valence-corrected chi connectivity index (χ0v) is 17.2. The van der Waals surface area contributed by atoms with Crippen molar-refractivity contribution >= 4 is 11.8 Å². The van der Waals surface area contributed by atoms with Gasteiger partial charge in [0.05, 0.1) is 0 Å². The first-order chi connectivity index (χ1) is 11.8. The van der Waals surface area contributed by atoms with Crippen LogP contribution in [0.1, 0.15) is 77.0 Å². The third-order valence-electron chi connectivity index (χ3n) is 5.74. The molecule has 3 rings (SSSR count). The predicted molar refractivity (Wildman–Crippen MR) is 110 cm³/mol. The minimum atomic E-state index is 0.271. The summed E-state index contributed by atoms with van der Waals surface area (Å²) in [6.45, 7) is 11.8. The fourth-order valence-electron chi connectivity index (χ4n) is 3.86. The fourth-order valence-corrected chi connectivity index (χ4v) is 4.84. The molecule has 0 fully saturated rings. The smallest absolute Gasteiger partial charge is 0.0233 e. The van der Waals surface area contributed by atoms with E-state index in [-0.39, 0.29) is 5.41 Å². The molecule has 1 radical (unpaired) electrons. The van der Waals surface area contributed by atoms with Crippen molar-refractivity contribution in [1.29, 1.82) is 0 Å². The fraction of sp³-hybridized carbons (Fsp3) is 0.500. The van der Waals surface area contributed by atoms with Crippen LogP contribution in [0.5, 0.6) is 0 Å². The van der Waals surface area contributed by atoms with Crippen molar-refractivity contribution in [2.45, 2.75) is 87.3 Å². The monoisotopic (exact) mass is 351 g/mol. The van der Waals surface area contributed by atoms with Crippen molar-refractivity contribution in [3.8, 4) is 0 Å². The van der Waals surface area contributed by atoms with E-state index in [1.54, 1.807) is 5.56 Å². The summed E-state index contributed by atoms with van der Waals surface area (Å²) in [5.41, 5.74) is 5.08. The van der Waals surface area contributed by atoms with Crippen LogP contribution in [-0.2, 0) is 17.3 Å². The molecule has 0 heterocycles. The lowest BCUT2D eigenvalue weighted by atomic mass is 9.63. The van der Waals surface area contributed by atoms with Crippen molar-refractivity contribution in [2.24, 2.45) is 0 Å². The lowest BCUT2D eigenvalue weighted by molar-refractivity contribution is 0.331. The first-order valence-electron chi connectivity index (χ1n) is 9.66. The number of rotatable bonds is 5. The lowest BCUT2D eigenvalue weighted by Crippen LogP contribution is -2.33. The van der Waals surface area contributed by atoms with Crippen LogP contribution in [0.15, 0.2) is 46.2 Å². The molecule has 0 aliphatic heterocycles. The highest BCUT2D eigenvalue weighted by Gasteiger charge is 2.36. The van der Waals surface area contributed by atoms with E-state index < -0.39 is 0 Å². The molecule has 0 spiro atoms. The van der Waals surface area contributed by atoms with Gasteiger partial charge in [-0.15, -0.1) is 0 Å². The lowest BCUT2D eigenvalue weighted by Gasteiger charge is -2.42. The van der Waals surface area contributed by atoms with Gasteiger partial charge < -0.3 is 0 Å². The number of unbranched alkanes of at least 4 members (excludes halogenated alkanes) is 1. The maximum atomic E-state index is 3.47. The molecule has 1 aliphatic rings. The van der Waals surface area contributed by atoms with E-state index in [9.17, 15) is 0 Å². The Bertz CT molecular complexity index is 740. The standard InChI is InChI=1S/C24H31S/c1-6-7-10-18-11-8-9-12-22(18)25-19-13-14-20-21(17-19)24(4,5)16-15-23(20,2)3/h8-9,11,13-14,17H,6-7,10,15-16H2,1-5H3. The van der Waals surface area contributed by atoms with Gasteiger partial charge in [0.2, 0.25) is 0 Å². The molecule has 25 heavy (non-hydrogen) atoms. The average Bonchev–Trinajstić information content (AvgIpc) is 2.58. The maximum absolute atomic E-state index is 3.47. The van der Waals surface area contributed by atoms with Crippen LogP contribution in [0.25, 0.3) is 0 Å². The van der Waals surface area contributed by atoms with Gasteiger partial charge in [0.25, 0.3) is 0 Å². The molecular weight excluding hydrogens is 320 g/mol. The summed E-state index contributed by atoms with van der Waals surface area (Å²) >= 11 is 1.88. The molecule has 0 amide bonds. The molecular formula is C24H31S. The quantitative estimate of drug-likeness (QED) is 0.543. The summed E-state index contributed by atoms with van der Waals surface area (Å²) in [6.07, 6.45) is 6.17. The number of hydrogen-bond acceptors (Lipinski definition) is 1. The van der Waals surface area contributed by atoms with Gasteiger partial charge in [0.15, 0.2) is 0 Å². The zero-order valence-electron chi connectivity index (χ0n) is 16.4. The molecule has 0 saturated carbocycles. The highest BCUT2D eigenvalue weighted by molar-refractivity contribution is 7.99. The summed E-state index contributed by atoms with van der Waals surface area (Å²) in [5, 5.41) is 0. The summed E-state index contributed by atoms with van der Waals surface area (Å²) in [7, 11) is 0. The Morgan fingerprint density at radius 3 is 2.44 bits per heavy atom. The van der Waals surface area contributed by atoms with Crippen LogP contribution < -0.4 is 0 Å². The first-order valence-corrected chi connectivity index (χ1v) is 10.5. The van der Waals surface area contributed by atoms with E-state index in [1.165, 1.54) is 46.6 Å². The van der Waals surface area contributed by atoms with Gasteiger partial charge >= 0.3 is 0 Å². The van der Waals surface area contributed by atoms with Gasteiger partial charge in [0.1, 0.15) is 0 Å². The molecule has 133 valence electrons. The summed E-state index contributed by atoms with van der Waals surface area (Å²) < 4.78 is 0. The van der Waals surface area contributed by atoms with E-state index in [2.05, 4.69) is 71.0 Å². The summed E-state index contributed by atoms with van der Waals surface area (Å²) in [4.78, 5) is 2.65. The SMILES string of the molecule is CCCCc1ccc[c]c1Sc1ccc2c(c1)C(C)(C)CCC2(C)C. The van der Waals surface area contributed by atoms with Crippen LogP contribution in [0.4, 0.5) is 0 Å². The van der Waals surface area contributed by atoms with E-state index in [0.717, 1.165) is 6.42 Å². The Kier molecular flexibility index (Phi) is 5.34. The summed E-state index contributed by atoms with van der Waals surface area (Å²) in [6, 6.07) is 17.1. The highest BCUT2D eigenvalue weighted by Crippen LogP contribution is 2.47. The van der Waals surface area contributed by atoms with Crippen molar-refractivity contribution in [2.75, 3.05) is 0 Å². The normalized spacial score (nSPS) is 18.0. The molecule has 2 aromatic rings. The van der Waals surface area contributed by atoms with Gasteiger partial charge in [-0.2, -0.15) is 0 Å². The van der Waals surface area contributed by atoms with Crippen LogP contribution >= 0.6 is 11.8 Å².